The smallest absolute Gasteiger partial charge is 0.317 e. The molecule has 1 heterocycles. The predicted molar refractivity (Wildman–Crippen MR) is 72.1 cm³/mol. The Bertz CT molecular complexity index is 490. The molecule has 2 rings (SSSR count). The van der Waals surface area contributed by atoms with Gasteiger partial charge in [-0.25, -0.2) is 13.2 Å². The Morgan fingerprint density at radius 1 is 1.10 bits per heavy atom. The fourth-order valence-electron chi connectivity index (χ4n) is 2.82. The summed E-state index contributed by atoms with van der Waals surface area (Å²) in [6, 6.07) is -0.694. The van der Waals surface area contributed by atoms with Crippen molar-refractivity contribution in [3.63, 3.8) is 0 Å². The van der Waals surface area contributed by atoms with Crippen LogP contribution in [0, 0.1) is 5.92 Å². The van der Waals surface area contributed by atoms with Gasteiger partial charge in [0.1, 0.15) is 0 Å². The van der Waals surface area contributed by atoms with Crippen LogP contribution in [0.25, 0.3) is 0 Å². The zero-order valence-corrected chi connectivity index (χ0v) is 12.1. The van der Waals surface area contributed by atoms with Crippen molar-refractivity contribution in [3.8, 4) is 0 Å². The van der Waals surface area contributed by atoms with E-state index in [0.717, 1.165) is 6.42 Å². The highest BCUT2D eigenvalue weighted by molar-refractivity contribution is 7.91. The minimum atomic E-state index is -3.05. The fraction of sp³-hybridized carbons (Fsp3) is 0.833. The van der Waals surface area contributed by atoms with Gasteiger partial charge < -0.3 is 15.3 Å². The van der Waals surface area contributed by atoms with Crippen LogP contribution in [0.3, 0.4) is 0 Å². The van der Waals surface area contributed by atoms with Gasteiger partial charge in [0, 0.05) is 19.1 Å². The van der Waals surface area contributed by atoms with Crippen LogP contribution in [0.5, 0.6) is 0 Å². The summed E-state index contributed by atoms with van der Waals surface area (Å²) < 4.78 is 23.0. The van der Waals surface area contributed by atoms with E-state index in [9.17, 15) is 18.0 Å². The Kier molecular flexibility index (Phi) is 4.52. The molecule has 2 amide bonds. The van der Waals surface area contributed by atoms with Gasteiger partial charge in [0.05, 0.1) is 17.4 Å². The van der Waals surface area contributed by atoms with Gasteiger partial charge in [-0.3, -0.25) is 4.79 Å². The number of rotatable bonds is 2. The van der Waals surface area contributed by atoms with Gasteiger partial charge in [0.2, 0.25) is 0 Å². The molecule has 1 aliphatic carbocycles. The molecule has 0 aromatic heterocycles. The molecule has 8 heteroatoms. The summed E-state index contributed by atoms with van der Waals surface area (Å²) in [5.74, 6) is -1.33. The van der Waals surface area contributed by atoms with E-state index >= 15 is 0 Å². The second-order valence-corrected chi connectivity index (χ2v) is 7.73. The third-order valence-electron chi connectivity index (χ3n) is 3.98. The lowest BCUT2D eigenvalue weighted by atomic mass is 10.0. The Morgan fingerprint density at radius 3 is 2.55 bits per heavy atom. The Morgan fingerprint density at radius 2 is 1.85 bits per heavy atom. The molecule has 114 valence electrons. The van der Waals surface area contributed by atoms with E-state index in [2.05, 4.69) is 5.32 Å². The number of hydrogen-bond acceptors (Lipinski definition) is 4. The van der Waals surface area contributed by atoms with Crippen LogP contribution in [0.15, 0.2) is 0 Å². The van der Waals surface area contributed by atoms with E-state index in [1.54, 1.807) is 0 Å². The molecule has 2 unspecified atom stereocenters. The van der Waals surface area contributed by atoms with Crippen molar-refractivity contribution in [1.82, 2.24) is 10.2 Å². The topological polar surface area (TPSA) is 104 Å². The lowest BCUT2D eigenvalue weighted by Crippen LogP contribution is -2.48. The van der Waals surface area contributed by atoms with Crippen molar-refractivity contribution >= 4 is 21.8 Å². The second-order valence-electron chi connectivity index (χ2n) is 5.42. The maximum absolute atomic E-state index is 12.1. The number of carboxylic acid groups (broad SMARTS) is 1. The van der Waals surface area contributed by atoms with Crippen molar-refractivity contribution in [2.45, 2.75) is 31.7 Å². The first-order chi connectivity index (χ1) is 9.39. The minimum Gasteiger partial charge on any atom is -0.481 e. The summed E-state index contributed by atoms with van der Waals surface area (Å²) >= 11 is 0. The molecule has 2 N–H and O–H groups in total. The molecule has 20 heavy (non-hydrogen) atoms. The van der Waals surface area contributed by atoms with Gasteiger partial charge in [-0.1, -0.05) is 6.42 Å². The average molecular weight is 304 g/mol. The molecule has 1 aliphatic heterocycles. The SMILES string of the molecule is O=C(O)C1CCCC1NC(=O)N1CCCS(=O)(=O)CC1. The minimum absolute atomic E-state index is 0.0204. The van der Waals surface area contributed by atoms with Gasteiger partial charge in [0.25, 0.3) is 0 Å². The summed E-state index contributed by atoms with van der Waals surface area (Å²) in [5, 5.41) is 11.8. The summed E-state index contributed by atoms with van der Waals surface area (Å²) in [4.78, 5) is 24.7. The maximum atomic E-state index is 12.1. The molecule has 0 aromatic carbocycles. The number of carboxylic acids is 1. The molecular weight excluding hydrogens is 284 g/mol. The van der Waals surface area contributed by atoms with Crippen LogP contribution in [0.4, 0.5) is 4.79 Å². The molecule has 1 saturated carbocycles. The van der Waals surface area contributed by atoms with Crippen LogP contribution in [-0.4, -0.2) is 61.1 Å². The largest absolute Gasteiger partial charge is 0.481 e. The maximum Gasteiger partial charge on any atom is 0.317 e. The first-order valence-electron chi connectivity index (χ1n) is 6.88. The number of nitrogens with one attached hydrogen (secondary N) is 1. The third kappa shape index (κ3) is 3.62. The molecule has 0 spiro atoms. The molecule has 0 bridgehead atoms. The van der Waals surface area contributed by atoms with Crippen LogP contribution in [-0.2, 0) is 14.6 Å². The summed E-state index contributed by atoms with van der Waals surface area (Å²) in [6.45, 7) is 0.578. The monoisotopic (exact) mass is 304 g/mol. The summed E-state index contributed by atoms with van der Waals surface area (Å²) in [7, 11) is -3.05. The summed E-state index contributed by atoms with van der Waals surface area (Å²) in [5.41, 5.74) is 0. The zero-order chi connectivity index (χ0) is 14.8. The van der Waals surface area contributed by atoms with E-state index in [1.807, 2.05) is 0 Å². The third-order valence-corrected chi connectivity index (χ3v) is 5.70. The first-order valence-corrected chi connectivity index (χ1v) is 8.70. The van der Waals surface area contributed by atoms with E-state index in [-0.39, 0.29) is 30.1 Å². The van der Waals surface area contributed by atoms with Gasteiger partial charge in [0.15, 0.2) is 9.84 Å². The predicted octanol–water partition coefficient (Wildman–Crippen LogP) is 0.0698. The Balaban J connectivity index is 1.93. The molecule has 2 atom stereocenters. The Hall–Kier alpha value is -1.31. The quantitative estimate of drug-likeness (QED) is 0.751. The molecule has 0 aromatic rings. The second kappa shape index (κ2) is 5.99. The van der Waals surface area contributed by atoms with Crippen LogP contribution >= 0.6 is 0 Å². The van der Waals surface area contributed by atoms with Gasteiger partial charge >= 0.3 is 12.0 Å². The van der Waals surface area contributed by atoms with E-state index in [0.29, 0.717) is 25.8 Å². The Labute approximate surface area is 118 Å². The average Bonchev–Trinajstić information content (AvgIpc) is 2.73. The van der Waals surface area contributed by atoms with Crippen molar-refractivity contribution in [2.75, 3.05) is 24.6 Å². The number of nitrogens with zero attached hydrogens (tertiary/aromatic N) is 1. The van der Waals surface area contributed by atoms with Crippen molar-refractivity contribution in [2.24, 2.45) is 5.92 Å². The highest BCUT2D eigenvalue weighted by Crippen LogP contribution is 2.26. The first kappa shape index (κ1) is 15.1. The summed E-state index contributed by atoms with van der Waals surface area (Å²) in [6.07, 6.45) is 2.46. The highest BCUT2D eigenvalue weighted by Gasteiger charge is 2.35. The van der Waals surface area contributed by atoms with Gasteiger partial charge in [-0.05, 0) is 19.3 Å². The molecule has 2 aliphatic rings. The number of amides is 2. The molecule has 7 nitrogen and oxygen atoms in total. The fourth-order valence-corrected chi connectivity index (χ4v) is 4.09. The lowest BCUT2D eigenvalue weighted by molar-refractivity contribution is -0.142. The van der Waals surface area contributed by atoms with E-state index in [1.165, 1.54) is 4.90 Å². The lowest BCUT2D eigenvalue weighted by Gasteiger charge is -2.24. The van der Waals surface area contributed by atoms with Gasteiger partial charge in [-0.15, -0.1) is 0 Å². The molecular formula is C12H20N2O5S. The number of sulfone groups is 1. The molecule has 1 saturated heterocycles. The zero-order valence-electron chi connectivity index (χ0n) is 11.2. The van der Waals surface area contributed by atoms with Crippen LogP contribution in [0.1, 0.15) is 25.7 Å². The van der Waals surface area contributed by atoms with Crippen LogP contribution < -0.4 is 5.32 Å². The number of aliphatic carboxylic acids is 1. The van der Waals surface area contributed by atoms with Gasteiger partial charge in [-0.2, -0.15) is 0 Å². The normalized spacial score (nSPS) is 29.7. The standard InChI is InChI=1S/C12H20N2O5S/c15-11(16)9-3-1-4-10(9)13-12(17)14-5-2-7-20(18,19)8-6-14/h9-10H,1-8H2,(H,13,17)(H,15,16). The number of carbonyl (C=O) groups excluding carboxylic acids is 1. The molecule has 0 radical (unpaired) electrons. The highest BCUT2D eigenvalue weighted by atomic mass is 32.2. The van der Waals surface area contributed by atoms with Crippen molar-refractivity contribution in [1.29, 1.82) is 0 Å². The van der Waals surface area contributed by atoms with E-state index in [4.69, 9.17) is 5.11 Å². The van der Waals surface area contributed by atoms with Crippen molar-refractivity contribution in [3.05, 3.63) is 0 Å². The molecule has 2 fully saturated rings. The van der Waals surface area contributed by atoms with E-state index < -0.39 is 21.7 Å². The number of carbonyl (C=O) groups is 2. The van der Waals surface area contributed by atoms with Crippen LogP contribution in [0.2, 0.25) is 0 Å². The number of urea groups is 1. The number of hydrogen-bond donors (Lipinski definition) is 2. The van der Waals surface area contributed by atoms with Crippen molar-refractivity contribution < 1.29 is 23.1 Å².